The lowest BCUT2D eigenvalue weighted by molar-refractivity contribution is 0.525. The Morgan fingerprint density at radius 1 is 1.55 bits per heavy atom. The van der Waals surface area contributed by atoms with E-state index in [0.717, 1.165) is 12.5 Å². The summed E-state index contributed by atoms with van der Waals surface area (Å²) in [5, 5.41) is 3.18. The molecule has 11 heavy (non-hydrogen) atoms. The highest BCUT2D eigenvalue weighted by Crippen LogP contribution is 2.17. The van der Waals surface area contributed by atoms with E-state index in [1.807, 2.05) is 7.05 Å². The Labute approximate surface area is 70.9 Å². The van der Waals surface area contributed by atoms with Crippen LogP contribution in [0.25, 0.3) is 0 Å². The quantitative estimate of drug-likeness (QED) is 0.602. The summed E-state index contributed by atoms with van der Waals surface area (Å²) in [4.78, 5) is 0. The van der Waals surface area contributed by atoms with Crippen LogP contribution in [0.1, 0.15) is 33.6 Å². The number of hydrogen-bond acceptors (Lipinski definition) is 1. The average Bonchev–Trinajstić information content (AvgIpc) is 2.05. The molecule has 0 aromatic carbocycles. The summed E-state index contributed by atoms with van der Waals surface area (Å²) in [7, 11) is 2.01. The van der Waals surface area contributed by atoms with Gasteiger partial charge in [-0.05, 0) is 46.2 Å². The van der Waals surface area contributed by atoms with Crippen molar-refractivity contribution < 1.29 is 0 Å². The molecule has 0 radical (unpaired) electrons. The molecule has 1 unspecified atom stereocenters. The topological polar surface area (TPSA) is 12.0 Å². The van der Waals surface area contributed by atoms with Gasteiger partial charge in [0.25, 0.3) is 0 Å². The van der Waals surface area contributed by atoms with Crippen LogP contribution in [0.15, 0.2) is 11.6 Å². The van der Waals surface area contributed by atoms with Crippen LogP contribution in [0.2, 0.25) is 0 Å². The van der Waals surface area contributed by atoms with Gasteiger partial charge in [0.15, 0.2) is 0 Å². The Hall–Kier alpha value is -0.300. The maximum Gasteiger partial charge on any atom is -0.00462 e. The van der Waals surface area contributed by atoms with Gasteiger partial charge in [0, 0.05) is 0 Å². The van der Waals surface area contributed by atoms with Crippen LogP contribution in [0.3, 0.4) is 0 Å². The van der Waals surface area contributed by atoms with Crippen LogP contribution < -0.4 is 5.32 Å². The van der Waals surface area contributed by atoms with Crippen LogP contribution in [0.4, 0.5) is 0 Å². The van der Waals surface area contributed by atoms with Crippen molar-refractivity contribution in [1.82, 2.24) is 5.32 Å². The van der Waals surface area contributed by atoms with Gasteiger partial charge in [0.2, 0.25) is 0 Å². The predicted molar refractivity (Wildman–Crippen MR) is 51.8 cm³/mol. The Bertz CT molecular complexity index is 116. The van der Waals surface area contributed by atoms with E-state index in [2.05, 4.69) is 32.2 Å². The molecule has 66 valence electrons. The molecule has 0 spiro atoms. The van der Waals surface area contributed by atoms with Gasteiger partial charge >= 0.3 is 0 Å². The van der Waals surface area contributed by atoms with Gasteiger partial charge in [-0.2, -0.15) is 0 Å². The first kappa shape index (κ1) is 10.7. The third-order valence-corrected chi connectivity index (χ3v) is 2.33. The van der Waals surface area contributed by atoms with Crippen LogP contribution in [0, 0.1) is 5.92 Å². The lowest BCUT2D eigenvalue weighted by Crippen LogP contribution is -2.13. The van der Waals surface area contributed by atoms with E-state index < -0.39 is 0 Å². The average molecular weight is 155 g/mol. The first-order valence-corrected chi connectivity index (χ1v) is 4.53. The molecule has 0 aliphatic rings. The Kier molecular flexibility index (Phi) is 6.24. The van der Waals surface area contributed by atoms with Crippen molar-refractivity contribution in [2.45, 2.75) is 33.6 Å². The molecule has 0 heterocycles. The number of nitrogens with one attached hydrogen (secondary N) is 1. The summed E-state index contributed by atoms with van der Waals surface area (Å²) < 4.78 is 0. The van der Waals surface area contributed by atoms with Crippen molar-refractivity contribution in [2.75, 3.05) is 13.6 Å². The van der Waals surface area contributed by atoms with E-state index in [1.54, 1.807) is 0 Å². The second kappa shape index (κ2) is 6.41. The first-order valence-electron chi connectivity index (χ1n) is 4.53. The molecule has 1 atom stereocenters. The largest absolute Gasteiger partial charge is 0.320 e. The summed E-state index contributed by atoms with van der Waals surface area (Å²) in [5.74, 6) is 0.785. The fourth-order valence-electron chi connectivity index (χ4n) is 1.31. The molecular formula is C10H21N. The Morgan fingerprint density at radius 3 is 2.55 bits per heavy atom. The second-order valence-corrected chi connectivity index (χ2v) is 3.03. The van der Waals surface area contributed by atoms with Crippen molar-refractivity contribution in [3.05, 3.63) is 11.6 Å². The minimum Gasteiger partial charge on any atom is -0.320 e. The van der Waals surface area contributed by atoms with Crippen LogP contribution in [-0.2, 0) is 0 Å². The van der Waals surface area contributed by atoms with E-state index in [1.165, 1.54) is 18.4 Å². The van der Waals surface area contributed by atoms with Crippen molar-refractivity contribution in [2.24, 2.45) is 5.92 Å². The van der Waals surface area contributed by atoms with Crippen LogP contribution in [-0.4, -0.2) is 13.6 Å². The Morgan fingerprint density at radius 2 is 2.18 bits per heavy atom. The minimum atomic E-state index is 0.785. The highest BCUT2D eigenvalue weighted by atomic mass is 14.8. The molecule has 0 aromatic heterocycles. The predicted octanol–water partition coefficient (Wildman–Crippen LogP) is 2.59. The molecular weight excluding hydrogens is 134 g/mol. The van der Waals surface area contributed by atoms with Gasteiger partial charge in [0.05, 0.1) is 0 Å². The second-order valence-electron chi connectivity index (χ2n) is 3.03. The highest BCUT2D eigenvalue weighted by Gasteiger charge is 2.05. The lowest BCUT2D eigenvalue weighted by Gasteiger charge is -2.14. The molecule has 0 bridgehead atoms. The summed E-state index contributed by atoms with van der Waals surface area (Å²) in [6.07, 6.45) is 4.75. The zero-order valence-electron chi connectivity index (χ0n) is 8.28. The summed E-state index contributed by atoms with van der Waals surface area (Å²) in [6.45, 7) is 7.73. The number of allylic oxidation sites excluding steroid dienone is 2. The third kappa shape index (κ3) is 4.20. The molecule has 1 N–H and O–H groups in total. The molecule has 0 aliphatic carbocycles. The summed E-state index contributed by atoms with van der Waals surface area (Å²) in [5.41, 5.74) is 1.53. The van der Waals surface area contributed by atoms with E-state index in [4.69, 9.17) is 0 Å². The molecule has 0 fully saturated rings. The van der Waals surface area contributed by atoms with Gasteiger partial charge < -0.3 is 5.32 Å². The Balaban J connectivity index is 3.75. The normalized spacial score (nSPS) is 15.1. The van der Waals surface area contributed by atoms with E-state index in [9.17, 15) is 0 Å². The molecule has 1 nitrogen and oxygen atoms in total. The fraction of sp³-hybridized carbons (Fsp3) is 0.800. The zero-order chi connectivity index (χ0) is 8.69. The van der Waals surface area contributed by atoms with Crippen LogP contribution in [0.5, 0.6) is 0 Å². The van der Waals surface area contributed by atoms with Gasteiger partial charge in [-0.3, -0.25) is 0 Å². The third-order valence-electron chi connectivity index (χ3n) is 2.33. The van der Waals surface area contributed by atoms with E-state index in [0.29, 0.717) is 0 Å². The summed E-state index contributed by atoms with van der Waals surface area (Å²) in [6, 6.07) is 0. The van der Waals surface area contributed by atoms with Gasteiger partial charge in [0.1, 0.15) is 0 Å². The molecule has 0 saturated carbocycles. The minimum absolute atomic E-state index is 0.785. The summed E-state index contributed by atoms with van der Waals surface area (Å²) >= 11 is 0. The number of hydrogen-bond donors (Lipinski definition) is 1. The van der Waals surface area contributed by atoms with Gasteiger partial charge in [-0.1, -0.05) is 18.6 Å². The molecule has 0 aliphatic heterocycles. The monoisotopic (exact) mass is 155 g/mol. The van der Waals surface area contributed by atoms with Crippen molar-refractivity contribution in [1.29, 1.82) is 0 Å². The fourth-order valence-corrected chi connectivity index (χ4v) is 1.31. The van der Waals surface area contributed by atoms with E-state index in [-0.39, 0.29) is 0 Å². The maximum absolute atomic E-state index is 3.18. The molecule has 0 aromatic rings. The van der Waals surface area contributed by atoms with Crippen LogP contribution >= 0.6 is 0 Å². The number of rotatable bonds is 5. The van der Waals surface area contributed by atoms with Crippen molar-refractivity contribution in [3.63, 3.8) is 0 Å². The van der Waals surface area contributed by atoms with E-state index >= 15 is 0 Å². The van der Waals surface area contributed by atoms with Gasteiger partial charge in [-0.15, -0.1) is 0 Å². The smallest absolute Gasteiger partial charge is 0.00462 e. The highest BCUT2D eigenvalue weighted by molar-refractivity contribution is 5.01. The first-order chi connectivity index (χ1) is 5.26. The van der Waals surface area contributed by atoms with Gasteiger partial charge in [-0.25, -0.2) is 0 Å². The molecule has 0 saturated heterocycles. The molecule has 0 amide bonds. The molecule has 1 heteroatoms. The lowest BCUT2D eigenvalue weighted by atomic mass is 9.94. The SMILES string of the molecule is C/C=C(/C)C(CC)CCNC. The zero-order valence-corrected chi connectivity index (χ0v) is 8.28. The maximum atomic E-state index is 3.18. The van der Waals surface area contributed by atoms with Crippen molar-refractivity contribution in [3.8, 4) is 0 Å². The van der Waals surface area contributed by atoms with Crippen molar-refractivity contribution >= 4 is 0 Å². The molecule has 0 rings (SSSR count). The standard InChI is InChI=1S/C10H21N/c1-5-9(3)10(6-2)7-8-11-4/h5,10-11H,6-8H2,1-4H3/b9-5-.